The lowest BCUT2D eigenvalue weighted by molar-refractivity contribution is -0.116. The molecule has 28 heavy (non-hydrogen) atoms. The van der Waals surface area contributed by atoms with E-state index < -0.39 is 5.92 Å². The highest BCUT2D eigenvalue weighted by Gasteiger charge is 2.40. The number of allylic oxidation sites excluding steroid dienone is 2. The van der Waals surface area contributed by atoms with Gasteiger partial charge in [-0.3, -0.25) is 9.79 Å². The van der Waals surface area contributed by atoms with Gasteiger partial charge >= 0.3 is 0 Å². The molecule has 0 fully saturated rings. The summed E-state index contributed by atoms with van der Waals surface area (Å²) in [5, 5.41) is 9.86. The van der Waals surface area contributed by atoms with Crippen LogP contribution in [0.25, 0.3) is 0 Å². The first-order valence-corrected chi connectivity index (χ1v) is 9.65. The third-order valence-electron chi connectivity index (χ3n) is 5.46. The zero-order valence-electron chi connectivity index (χ0n) is 15.9. The molecule has 0 N–H and O–H groups in total. The molecule has 2 aliphatic rings. The number of carbonyl (C=O) groups excluding carboxylic acids is 1. The first-order chi connectivity index (χ1) is 13.7. The second-order valence-electron chi connectivity index (χ2n) is 7.29. The number of aliphatic imine (C=N–C) groups is 1. The van der Waals surface area contributed by atoms with Crippen LogP contribution in [0.5, 0.6) is 5.75 Å². The Morgan fingerprint density at radius 3 is 2.64 bits per heavy atom. The van der Waals surface area contributed by atoms with Gasteiger partial charge in [0.2, 0.25) is 0 Å². The third-order valence-corrected chi connectivity index (χ3v) is 5.46. The van der Waals surface area contributed by atoms with Gasteiger partial charge in [-0.15, -0.1) is 0 Å². The van der Waals surface area contributed by atoms with Gasteiger partial charge in [-0.1, -0.05) is 48.5 Å². The summed E-state index contributed by atoms with van der Waals surface area (Å²) in [7, 11) is 0. The van der Waals surface area contributed by atoms with E-state index in [1.165, 1.54) is 0 Å². The van der Waals surface area contributed by atoms with Crippen molar-refractivity contribution in [2.75, 3.05) is 0 Å². The average Bonchev–Trinajstić information content (AvgIpc) is 2.72. The molecular formula is C24H22N2O2. The van der Waals surface area contributed by atoms with Gasteiger partial charge < -0.3 is 4.74 Å². The normalized spacial score (nSPS) is 21.6. The largest absolute Gasteiger partial charge is 0.489 e. The summed E-state index contributed by atoms with van der Waals surface area (Å²) in [5.41, 5.74) is 4.30. The molecule has 0 bridgehead atoms. The van der Waals surface area contributed by atoms with Crippen molar-refractivity contribution in [1.29, 1.82) is 5.26 Å². The number of para-hydroxylation sites is 1. The van der Waals surface area contributed by atoms with Crippen LogP contribution >= 0.6 is 0 Å². The van der Waals surface area contributed by atoms with E-state index in [0.29, 0.717) is 18.6 Å². The minimum atomic E-state index is -0.456. The van der Waals surface area contributed by atoms with Gasteiger partial charge in [0, 0.05) is 34.9 Å². The maximum Gasteiger partial charge on any atom is 0.161 e. The van der Waals surface area contributed by atoms with E-state index in [1.54, 1.807) is 0 Å². The molecule has 1 aliphatic carbocycles. The summed E-state index contributed by atoms with van der Waals surface area (Å²) in [4.78, 5) is 17.4. The average molecular weight is 370 g/mol. The zero-order valence-corrected chi connectivity index (χ0v) is 15.9. The minimum Gasteiger partial charge on any atom is -0.489 e. The van der Waals surface area contributed by atoms with Crippen LogP contribution in [-0.2, 0) is 11.4 Å². The maximum absolute atomic E-state index is 12.8. The summed E-state index contributed by atoms with van der Waals surface area (Å²) >= 11 is 0. The highest BCUT2D eigenvalue weighted by Crippen LogP contribution is 2.45. The quantitative estimate of drug-likeness (QED) is 0.763. The van der Waals surface area contributed by atoms with Gasteiger partial charge in [-0.2, -0.15) is 5.26 Å². The van der Waals surface area contributed by atoms with Crippen LogP contribution < -0.4 is 4.74 Å². The molecule has 4 nitrogen and oxygen atoms in total. The number of nitrogens with zero attached hydrogens (tertiary/aromatic N) is 2. The van der Waals surface area contributed by atoms with Crippen molar-refractivity contribution < 1.29 is 9.53 Å². The van der Waals surface area contributed by atoms with Crippen molar-refractivity contribution in [2.24, 2.45) is 10.9 Å². The first-order valence-electron chi connectivity index (χ1n) is 9.65. The van der Waals surface area contributed by atoms with E-state index in [4.69, 9.17) is 4.74 Å². The van der Waals surface area contributed by atoms with Crippen molar-refractivity contribution in [3.8, 4) is 11.8 Å². The van der Waals surface area contributed by atoms with Gasteiger partial charge in [-0.05, 0) is 31.4 Å². The molecule has 2 aromatic carbocycles. The lowest BCUT2D eigenvalue weighted by atomic mass is 9.72. The smallest absolute Gasteiger partial charge is 0.161 e. The molecule has 1 aliphatic heterocycles. The fourth-order valence-electron chi connectivity index (χ4n) is 4.11. The van der Waals surface area contributed by atoms with E-state index in [9.17, 15) is 10.1 Å². The van der Waals surface area contributed by atoms with Gasteiger partial charge in [0.05, 0.1) is 12.0 Å². The molecule has 0 saturated carbocycles. The van der Waals surface area contributed by atoms with E-state index in [2.05, 4.69) is 11.1 Å². The number of rotatable bonds is 4. The summed E-state index contributed by atoms with van der Waals surface area (Å²) in [6.07, 6.45) is 2.14. The number of hydrogen-bond donors (Lipinski definition) is 0. The first kappa shape index (κ1) is 18.2. The van der Waals surface area contributed by atoms with E-state index >= 15 is 0 Å². The van der Waals surface area contributed by atoms with E-state index in [1.807, 2.05) is 61.5 Å². The predicted octanol–water partition coefficient (Wildman–Crippen LogP) is 4.97. The van der Waals surface area contributed by atoms with Crippen LogP contribution in [0.1, 0.15) is 43.2 Å². The van der Waals surface area contributed by atoms with Crippen molar-refractivity contribution in [2.45, 2.75) is 38.7 Å². The van der Waals surface area contributed by atoms with Crippen LogP contribution in [0.2, 0.25) is 0 Å². The molecule has 4 heteroatoms. The fourth-order valence-corrected chi connectivity index (χ4v) is 4.11. The standard InChI is InChI=1S/C24H22N2O2/c1-16-19(14-25)23(24-20(26-16)11-7-12-21(24)27)18-10-5-6-13-22(18)28-15-17-8-3-2-4-9-17/h2-6,8-10,13,19,23H,7,11-12,15H2,1H3. The van der Waals surface area contributed by atoms with Crippen LogP contribution in [0.4, 0.5) is 0 Å². The fraction of sp³-hybridized carbons (Fsp3) is 0.292. The van der Waals surface area contributed by atoms with Gasteiger partial charge in [0.15, 0.2) is 5.78 Å². The SMILES string of the molecule is CC1=NC2=C(C(=O)CCC2)C(c2ccccc2OCc2ccccc2)C1C#N. The van der Waals surface area contributed by atoms with Crippen molar-refractivity contribution in [1.82, 2.24) is 0 Å². The monoisotopic (exact) mass is 370 g/mol. The van der Waals surface area contributed by atoms with Gasteiger partial charge in [0.25, 0.3) is 0 Å². The summed E-state index contributed by atoms with van der Waals surface area (Å²) < 4.78 is 6.14. The Labute approximate surface area is 165 Å². The molecule has 2 atom stereocenters. The molecule has 2 aromatic rings. The maximum atomic E-state index is 12.8. The van der Waals surface area contributed by atoms with Crippen LogP contribution in [0.3, 0.4) is 0 Å². The number of carbonyl (C=O) groups is 1. The van der Waals surface area contributed by atoms with Gasteiger partial charge in [0.1, 0.15) is 12.4 Å². The second-order valence-corrected chi connectivity index (χ2v) is 7.29. The van der Waals surface area contributed by atoms with Crippen LogP contribution in [0.15, 0.2) is 70.9 Å². The van der Waals surface area contributed by atoms with Crippen LogP contribution in [-0.4, -0.2) is 11.5 Å². The predicted molar refractivity (Wildman–Crippen MR) is 108 cm³/mol. The topological polar surface area (TPSA) is 62.4 Å². The number of Topliss-reactive ketones (excluding diaryl/α,β-unsaturated/α-hetero) is 1. The molecule has 0 spiro atoms. The number of ketones is 1. The number of ether oxygens (including phenoxy) is 1. The highest BCUT2D eigenvalue weighted by atomic mass is 16.5. The lowest BCUT2D eigenvalue weighted by Crippen LogP contribution is -2.30. The summed E-state index contributed by atoms with van der Waals surface area (Å²) in [5.74, 6) is 0.0525. The summed E-state index contributed by atoms with van der Waals surface area (Å²) in [6, 6.07) is 20.1. The number of nitriles is 1. The van der Waals surface area contributed by atoms with Crippen molar-refractivity contribution >= 4 is 11.5 Å². The number of hydrogen-bond acceptors (Lipinski definition) is 4. The molecule has 4 rings (SSSR count). The van der Waals surface area contributed by atoms with Gasteiger partial charge in [-0.25, -0.2) is 0 Å². The molecule has 0 radical (unpaired) electrons. The Morgan fingerprint density at radius 2 is 1.86 bits per heavy atom. The molecular weight excluding hydrogens is 348 g/mol. The van der Waals surface area contributed by atoms with Crippen molar-refractivity contribution in [3.63, 3.8) is 0 Å². The minimum absolute atomic E-state index is 0.112. The van der Waals surface area contributed by atoms with E-state index in [0.717, 1.165) is 41.1 Å². The Kier molecular flexibility index (Phi) is 5.08. The number of benzene rings is 2. The van der Waals surface area contributed by atoms with Crippen molar-refractivity contribution in [3.05, 3.63) is 77.0 Å². The lowest BCUT2D eigenvalue weighted by Gasteiger charge is -2.33. The summed E-state index contributed by atoms with van der Waals surface area (Å²) in [6.45, 7) is 2.33. The zero-order chi connectivity index (χ0) is 19.5. The molecule has 0 aromatic heterocycles. The third kappa shape index (κ3) is 3.36. The molecule has 140 valence electrons. The molecule has 1 heterocycles. The van der Waals surface area contributed by atoms with Crippen LogP contribution in [0, 0.1) is 17.2 Å². The molecule has 2 unspecified atom stereocenters. The second kappa shape index (κ2) is 7.82. The Morgan fingerprint density at radius 1 is 1.11 bits per heavy atom. The Hall–Kier alpha value is -3.19. The molecule has 0 saturated heterocycles. The van der Waals surface area contributed by atoms with E-state index in [-0.39, 0.29) is 11.7 Å². The molecule has 0 amide bonds. The Bertz CT molecular complexity index is 999. The Balaban J connectivity index is 1.74. The highest BCUT2D eigenvalue weighted by molar-refractivity contribution is 6.03.